The molecule has 1 atom stereocenters. The monoisotopic (exact) mass is 584 g/mol. The Morgan fingerprint density at radius 2 is 1.85 bits per heavy atom. The quantitative estimate of drug-likeness (QED) is 0.297. The Hall–Kier alpha value is -3.74. The maximum Gasteiger partial charge on any atom is 0.294 e. The lowest BCUT2D eigenvalue weighted by atomic mass is 9.83. The molecule has 2 aromatic rings. The summed E-state index contributed by atoms with van der Waals surface area (Å²) in [5.41, 5.74) is 12.7. The number of nitrogens with two attached hydrogens (primary N) is 2. The molecule has 0 radical (unpaired) electrons. The lowest BCUT2D eigenvalue weighted by Gasteiger charge is -2.27. The maximum atomic E-state index is 12.9. The van der Waals surface area contributed by atoms with Crippen molar-refractivity contribution in [1.82, 2.24) is 15.2 Å². The van der Waals surface area contributed by atoms with E-state index in [4.69, 9.17) is 23.1 Å². The van der Waals surface area contributed by atoms with Crippen LogP contribution in [0.4, 0.5) is 5.82 Å². The van der Waals surface area contributed by atoms with Gasteiger partial charge in [0.1, 0.15) is 5.04 Å². The number of hydrogen-bond donors (Lipinski definition) is 4. The molecule has 6 N–H and O–H groups in total. The van der Waals surface area contributed by atoms with Crippen molar-refractivity contribution in [3.63, 3.8) is 0 Å². The van der Waals surface area contributed by atoms with Gasteiger partial charge in [-0.3, -0.25) is 19.4 Å². The summed E-state index contributed by atoms with van der Waals surface area (Å²) < 4.78 is 0. The first-order chi connectivity index (χ1) is 19.0. The number of hydrogen-bond acceptors (Lipinski definition) is 10. The number of ketones is 1. The first-order valence-corrected chi connectivity index (χ1v) is 13.7. The summed E-state index contributed by atoms with van der Waals surface area (Å²) in [6, 6.07) is 7.42. The Morgan fingerprint density at radius 1 is 1.15 bits per heavy atom. The second-order valence-corrected chi connectivity index (χ2v) is 11.0. The number of aliphatic imine (C=N–C) groups is 2. The van der Waals surface area contributed by atoms with Crippen molar-refractivity contribution < 1.29 is 14.4 Å². The number of anilines is 1. The van der Waals surface area contributed by atoms with E-state index in [1.54, 1.807) is 18.5 Å². The number of nitrogens with one attached hydrogen (secondary N) is 2. The molecule has 1 aromatic carbocycles. The first kappa shape index (κ1) is 30.8. The number of halogens is 1. The molecular weight excluding hydrogens is 552 g/mol. The average Bonchev–Trinajstić information content (AvgIpc) is 2.94. The zero-order valence-electron chi connectivity index (χ0n) is 22.6. The molecule has 1 aliphatic rings. The van der Waals surface area contributed by atoms with Crippen molar-refractivity contribution in [3.05, 3.63) is 65.1 Å². The molecule has 1 aromatic heterocycles. The van der Waals surface area contributed by atoms with Gasteiger partial charge in [0.25, 0.3) is 11.8 Å². The number of pyridine rings is 1. The molecule has 0 aliphatic carbocycles. The van der Waals surface area contributed by atoms with Crippen molar-refractivity contribution in [2.24, 2.45) is 26.9 Å². The largest absolute Gasteiger partial charge is 0.390 e. The number of amidine groups is 1. The predicted molar refractivity (Wildman–Crippen MR) is 160 cm³/mol. The van der Waals surface area contributed by atoms with Crippen LogP contribution < -0.4 is 22.1 Å². The minimum absolute atomic E-state index is 0.0602. The number of carbonyl (C=O) groups excluding carboxylic acids is 3. The lowest BCUT2D eigenvalue weighted by molar-refractivity contribution is -0.124. The molecule has 2 heterocycles. The van der Waals surface area contributed by atoms with Crippen LogP contribution in [0.3, 0.4) is 0 Å². The van der Waals surface area contributed by atoms with Gasteiger partial charge in [0.15, 0.2) is 11.7 Å². The van der Waals surface area contributed by atoms with Gasteiger partial charge in [0.05, 0.1) is 5.02 Å². The van der Waals surface area contributed by atoms with Crippen LogP contribution in [0, 0.1) is 5.41 Å². The van der Waals surface area contributed by atoms with Crippen molar-refractivity contribution >= 4 is 57.7 Å². The fourth-order valence-electron chi connectivity index (χ4n) is 3.58. The normalized spacial score (nSPS) is 21.2. The molecule has 11 nitrogen and oxygen atoms in total. The molecule has 0 saturated heterocycles. The van der Waals surface area contributed by atoms with Gasteiger partial charge in [-0.1, -0.05) is 42.4 Å². The maximum absolute atomic E-state index is 12.9. The molecule has 0 spiro atoms. The highest BCUT2D eigenvalue weighted by molar-refractivity contribution is 8.15. The summed E-state index contributed by atoms with van der Waals surface area (Å²) >= 11 is 7.81. The number of nitrogens with zero attached hydrogens (tertiary/aromatic N) is 4. The summed E-state index contributed by atoms with van der Waals surface area (Å²) in [5.74, 6) is -1.41. The van der Waals surface area contributed by atoms with Gasteiger partial charge in [-0.05, 0) is 43.0 Å². The van der Waals surface area contributed by atoms with Crippen LogP contribution in [0.2, 0.25) is 5.02 Å². The predicted octanol–water partition coefficient (Wildman–Crippen LogP) is 2.93. The van der Waals surface area contributed by atoms with E-state index in [1.165, 1.54) is 61.2 Å². The highest BCUT2D eigenvalue weighted by Crippen LogP contribution is 2.33. The molecule has 0 fully saturated rings. The molecule has 1 unspecified atom stereocenters. The van der Waals surface area contributed by atoms with Gasteiger partial charge in [-0.15, -0.1) is 0 Å². The molecule has 0 bridgehead atoms. The van der Waals surface area contributed by atoms with Crippen LogP contribution in [-0.2, 0) is 4.79 Å². The van der Waals surface area contributed by atoms with E-state index < -0.39 is 17.6 Å². The van der Waals surface area contributed by atoms with E-state index >= 15 is 0 Å². The summed E-state index contributed by atoms with van der Waals surface area (Å²) in [6.07, 6.45) is 6.52. The van der Waals surface area contributed by atoms with E-state index in [0.717, 1.165) is 19.4 Å². The molecule has 40 heavy (non-hydrogen) atoms. The summed E-state index contributed by atoms with van der Waals surface area (Å²) in [4.78, 5) is 51.9. The number of aromatic nitrogens is 1. The van der Waals surface area contributed by atoms with Gasteiger partial charge >= 0.3 is 0 Å². The van der Waals surface area contributed by atoms with E-state index in [9.17, 15) is 14.4 Å². The number of carbonyl (C=O) groups is 3. The minimum Gasteiger partial charge on any atom is -0.390 e. The van der Waals surface area contributed by atoms with Crippen LogP contribution in [-0.4, -0.2) is 72.1 Å². The fourth-order valence-corrected chi connectivity index (χ4v) is 4.66. The number of rotatable bonds is 6. The standard InChI is InChI=1S/C27H33ClN8O3S/c1-27(16-29)9-12-31-14-15-34-25(22(30)32-13-10-27)40-19-8-11-33-23(20(19)28)35-24(38)18-6-4-17(5-7-18)21(37)26(39)36(2)3/h4-8,11,14-15,31H,9-10,12-13,16,29H2,1-3H3,(H2,30,32)(H,33,35,38)/b15-14+,34-25+. The molecule has 3 rings (SSSR count). The third kappa shape index (κ3) is 8.13. The molecular formula is C27H33ClN8O3S. The SMILES string of the molecule is CN(C)C(=O)C(=O)c1ccc(C(=O)Nc2nccc(SC3=N/C=C/NCCC(C)(CN)CC/N=C\3N)c2Cl)cc1. The molecule has 1 aliphatic heterocycles. The smallest absolute Gasteiger partial charge is 0.294 e. The van der Waals surface area contributed by atoms with Crippen LogP contribution >= 0.6 is 23.4 Å². The van der Waals surface area contributed by atoms with E-state index in [0.29, 0.717) is 23.0 Å². The first-order valence-electron chi connectivity index (χ1n) is 12.5. The Kier molecular flexibility index (Phi) is 10.8. The van der Waals surface area contributed by atoms with Crippen molar-refractivity contribution in [1.29, 1.82) is 0 Å². The second-order valence-electron chi connectivity index (χ2n) is 9.62. The van der Waals surface area contributed by atoms with Crippen LogP contribution in [0.1, 0.15) is 40.5 Å². The zero-order valence-corrected chi connectivity index (χ0v) is 24.2. The molecule has 0 saturated carbocycles. The molecule has 2 amide bonds. The van der Waals surface area contributed by atoms with Gasteiger partial charge in [0, 0.05) is 61.8 Å². The molecule has 13 heteroatoms. The number of likely N-dealkylation sites (N-methyl/N-ethyl adjacent to an activating group) is 1. The Bertz CT molecular complexity index is 1340. The third-order valence-electron chi connectivity index (χ3n) is 6.27. The van der Waals surface area contributed by atoms with E-state index in [2.05, 4.69) is 32.5 Å². The number of benzene rings is 1. The Balaban J connectivity index is 1.77. The average molecular weight is 585 g/mol. The topological polar surface area (TPSA) is 168 Å². The summed E-state index contributed by atoms with van der Waals surface area (Å²) in [7, 11) is 2.99. The highest BCUT2D eigenvalue weighted by Gasteiger charge is 2.23. The number of Topliss-reactive ketones (excluding diaryl/α,β-unsaturated/α-hetero) is 1. The van der Waals surface area contributed by atoms with Crippen LogP contribution in [0.25, 0.3) is 0 Å². The van der Waals surface area contributed by atoms with Crippen molar-refractivity contribution in [3.8, 4) is 0 Å². The fraction of sp³-hybridized carbons (Fsp3) is 0.333. The van der Waals surface area contributed by atoms with Crippen LogP contribution in [0.5, 0.6) is 0 Å². The van der Waals surface area contributed by atoms with Crippen molar-refractivity contribution in [2.45, 2.75) is 24.7 Å². The summed E-state index contributed by atoms with van der Waals surface area (Å²) in [6.45, 7) is 3.94. The molecule has 212 valence electrons. The minimum atomic E-state index is -0.664. The van der Waals surface area contributed by atoms with Crippen LogP contribution in [0.15, 0.2) is 63.8 Å². The number of amides is 2. The highest BCUT2D eigenvalue weighted by atomic mass is 35.5. The van der Waals surface area contributed by atoms with E-state index in [1.807, 2.05) is 0 Å². The van der Waals surface area contributed by atoms with Gasteiger partial charge in [-0.25, -0.2) is 9.98 Å². The second kappa shape index (κ2) is 14.1. The van der Waals surface area contributed by atoms with E-state index in [-0.39, 0.29) is 33.2 Å². The third-order valence-corrected chi connectivity index (χ3v) is 7.83. The van der Waals surface area contributed by atoms with Gasteiger partial charge < -0.3 is 27.0 Å². The van der Waals surface area contributed by atoms with Gasteiger partial charge in [-0.2, -0.15) is 0 Å². The number of thioether (sulfide) groups is 1. The Morgan fingerprint density at radius 3 is 2.52 bits per heavy atom. The van der Waals surface area contributed by atoms with Crippen molar-refractivity contribution in [2.75, 3.05) is 39.0 Å². The lowest BCUT2D eigenvalue weighted by Crippen LogP contribution is -2.32. The van der Waals surface area contributed by atoms with Gasteiger partial charge in [0.2, 0.25) is 5.78 Å². The summed E-state index contributed by atoms with van der Waals surface area (Å²) in [5, 5.41) is 6.53. The zero-order chi connectivity index (χ0) is 29.3. The Labute approximate surface area is 242 Å².